The predicted octanol–water partition coefficient (Wildman–Crippen LogP) is 6.11. The van der Waals surface area contributed by atoms with Crippen LogP contribution >= 0.6 is 11.6 Å². The molecule has 2 aromatic carbocycles. The van der Waals surface area contributed by atoms with Crippen molar-refractivity contribution in [3.63, 3.8) is 0 Å². The van der Waals surface area contributed by atoms with E-state index in [2.05, 4.69) is 10.2 Å². The molecule has 2 aromatic rings. The fourth-order valence-electron chi connectivity index (χ4n) is 8.85. The zero-order valence-corrected chi connectivity index (χ0v) is 34.6. The summed E-state index contributed by atoms with van der Waals surface area (Å²) in [5.74, 6) is -1.06. The van der Waals surface area contributed by atoms with Crippen molar-refractivity contribution in [2.75, 3.05) is 84.9 Å². The van der Waals surface area contributed by atoms with Crippen LogP contribution in [0.15, 0.2) is 36.4 Å². The third-order valence-electron chi connectivity index (χ3n) is 12.2. The van der Waals surface area contributed by atoms with E-state index in [0.717, 1.165) is 75.1 Å². The maximum Gasteiger partial charge on any atom is 0.420 e. The third-order valence-corrected chi connectivity index (χ3v) is 12.5. The maximum absolute atomic E-state index is 14.2. The number of hydrogen-bond donors (Lipinski definition) is 2. The van der Waals surface area contributed by atoms with E-state index < -0.39 is 40.6 Å². The fourth-order valence-corrected chi connectivity index (χ4v) is 9.09. The van der Waals surface area contributed by atoms with Gasteiger partial charge in [0.25, 0.3) is 5.91 Å². The number of rotatable bonds is 12. The first kappa shape index (κ1) is 44.3. The van der Waals surface area contributed by atoms with Crippen LogP contribution in [0.4, 0.5) is 28.4 Å². The number of ether oxygens (including phenoxy) is 2. The van der Waals surface area contributed by atoms with Gasteiger partial charge in [0.1, 0.15) is 5.75 Å². The number of alkyl halides is 3. The summed E-state index contributed by atoms with van der Waals surface area (Å²) in [6.45, 7) is 4.90. The molecule has 0 unspecified atom stereocenters. The van der Waals surface area contributed by atoms with E-state index in [9.17, 15) is 37.5 Å². The molecule has 3 fully saturated rings. The normalized spacial score (nSPS) is 19.6. The Morgan fingerprint density at radius 3 is 2.24 bits per heavy atom. The summed E-state index contributed by atoms with van der Waals surface area (Å²) in [6.07, 6.45) is -1.80. The van der Waals surface area contributed by atoms with Crippen LogP contribution in [0, 0.1) is 11.8 Å². The van der Waals surface area contributed by atoms with Crippen LogP contribution < -0.4 is 5.32 Å². The number of piperidine rings is 3. The number of carbonyl (C=O) groups excluding carboxylic acids is 4. The summed E-state index contributed by atoms with van der Waals surface area (Å²) in [6, 6.07) is 9.20. The highest BCUT2D eigenvalue weighted by atomic mass is 35.5. The maximum atomic E-state index is 14.2. The van der Waals surface area contributed by atoms with Crippen molar-refractivity contribution in [1.82, 2.24) is 24.5 Å². The van der Waals surface area contributed by atoms with Crippen LogP contribution in [0.25, 0.3) is 0 Å². The molecule has 17 heteroatoms. The molecule has 0 spiro atoms. The lowest BCUT2D eigenvalue weighted by atomic mass is 9.78. The molecule has 6 rings (SSSR count). The van der Waals surface area contributed by atoms with Gasteiger partial charge in [-0.05, 0) is 120 Å². The highest BCUT2D eigenvalue weighted by Gasteiger charge is 2.39. The lowest BCUT2D eigenvalue weighted by molar-refractivity contribution is -0.145. The minimum atomic E-state index is -4.91. The molecular formula is C42H56ClF3N6O7. The second-order valence-electron chi connectivity index (χ2n) is 16.5. The van der Waals surface area contributed by atoms with Gasteiger partial charge in [0, 0.05) is 57.4 Å². The number of nitrogens with one attached hydrogen (secondary N) is 1. The molecule has 59 heavy (non-hydrogen) atoms. The van der Waals surface area contributed by atoms with Crippen molar-refractivity contribution in [3.05, 3.63) is 58.1 Å². The van der Waals surface area contributed by atoms with Gasteiger partial charge in [-0.2, -0.15) is 13.2 Å². The van der Waals surface area contributed by atoms with Gasteiger partial charge in [-0.3, -0.25) is 14.5 Å². The van der Waals surface area contributed by atoms with Crippen molar-refractivity contribution in [2.45, 2.75) is 76.1 Å². The number of halogens is 4. The molecule has 2 N–H and O–H groups in total. The Kier molecular flexibility index (Phi) is 14.9. The Morgan fingerprint density at radius 2 is 1.58 bits per heavy atom. The number of anilines is 1. The topological polar surface area (TPSA) is 135 Å². The van der Waals surface area contributed by atoms with Crippen molar-refractivity contribution in [2.24, 2.45) is 11.8 Å². The number of fused-ring (bicyclic) bond motifs is 1. The molecule has 0 saturated carbocycles. The number of phenols is 1. The van der Waals surface area contributed by atoms with Gasteiger partial charge < -0.3 is 39.5 Å². The molecular weight excluding hydrogens is 793 g/mol. The number of likely N-dealkylation sites (tertiary alicyclic amines) is 3. The minimum absolute atomic E-state index is 0.0164. The van der Waals surface area contributed by atoms with E-state index in [1.807, 2.05) is 43.3 Å². The summed E-state index contributed by atoms with van der Waals surface area (Å²) in [7, 11) is 3.95. The summed E-state index contributed by atoms with van der Waals surface area (Å²) in [4.78, 5) is 62.4. The second-order valence-corrected chi connectivity index (χ2v) is 16.9. The number of aromatic hydroxyl groups is 1. The molecule has 4 heterocycles. The molecule has 3 saturated heterocycles. The Bertz CT molecular complexity index is 1790. The number of carbonyl (C=O) groups is 4. The SMILES string of the molecule is CN(C)CCCOC(=O)CN1CCC(C2CCN(C(=O)[C@@H](Cc3cc(Cl)c(O)c(C(F)(F)F)c3)OC(=O)N3CCC(N4CCc5ccccc5NC4=O)CC3)CC2)CC1. The van der Waals surface area contributed by atoms with E-state index in [1.165, 1.54) is 4.90 Å². The molecule has 0 aliphatic carbocycles. The predicted molar refractivity (Wildman–Crippen MR) is 215 cm³/mol. The molecule has 0 bridgehead atoms. The standard InChI is InChI=1S/C42H56ClF3N6O7/c1-48(2)15-5-23-58-37(53)27-49-16-8-29(9-17-49)30-10-18-50(19-11-30)39(55)36(26-28-24-33(42(44,45)46)38(54)34(43)25-28)59-41(57)51-20-13-32(14-21-51)52-22-12-31-6-3-4-7-35(31)47-40(52)56/h3-4,6-7,24-25,29-30,32,36,54H,5,8-23,26-27H2,1-2H3,(H,47,56)/t36-/m1/s1. The van der Waals surface area contributed by atoms with E-state index in [-0.39, 0.29) is 49.7 Å². The van der Waals surface area contributed by atoms with Crippen molar-refractivity contribution in [3.8, 4) is 5.75 Å². The van der Waals surface area contributed by atoms with Crippen molar-refractivity contribution < 1.29 is 46.9 Å². The number of nitrogens with zero attached hydrogens (tertiary/aromatic N) is 5. The van der Waals surface area contributed by atoms with Gasteiger partial charge in [-0.15, -0.1) is 0 Å². The molecule has 4 amide bonds. The number of amides is 4. The monoisotopic (exact) mass is 848 g/mol. The lowest BCUT2D eigenvalue weighted by Crippen LogP contribution is -2.52. The summed E-state index contributed by atoms with van der Waals surface area (Å²) < 4.78 is 52.8. The van der Waals surface area contributed by atoms with Crippen molar-refractivity contribution >= 4 is 41.3 Å². The van der Waals surface area contributed by atoms with E-state index in [0.29, 0.717) is 57.3 Å². The molecule has 13 nitrogen and oxygen atoms in total. The Hall–Kier alpha value is -4.28. The molecule has 1 atom stereocenters. The number of benzene rings is 2. The first-order chi connectivity index (χ1) is 28.2. The van der Waals surface area contributed by atoms with E-state index in [4.69, 9.17) is 21.1 Å². The Labute approximate surface area is 348 Å². The largest absolute Gasteiger partial charge is 0.506 e. The van der Waals surface area contributed by atoms with Crippen molar-refractivity contribution in [1.29, 1.82) is 0 Å². The summed E-state index contributed by atoms with van der Waals surface area (Å²) >= 11 is 6.03. The van der Waals surface area contributed by atoms with E-state index >= 15 is 0 Å². The van der Waals surface area contributed by atoms with Crippen LogP contribution in [-0.4, -0.2) is 145 Å². The van der Waals surface area contributed by atoms with Crippen LogP contribution in [-0.2, 0) is 38.1 Å². The zero-order valence-electron chi connectivity index (χ0n) is 33.9. The number of esters is 1. The Morgan fingerprint density at radius 1 is 0.932 bits per heavy atom. The molecule has 324 valence electrons. The van der Waals surface area contributed by atoms with Gasteiger partial charge >= 0.3 is 24.3 Å². The smallest absolute Gasteiger partial charge is 0.420 e. The van der Waals surface area contributed by atoms with E-state index in [1.54, 1.807) is 9.80 Å². The fraction of sp³-hybridized carbons (Fsp3) is 0.619. The van der Waals surface area contributed by atoms with Crippen LogP contribution in [0.2, 0.25) is 5.02 Å². The molecule has 0 aromatic heterocycles. The number of hydrogen-bond acceptors (Lipinski definition) is 9. The summed E-state index contributed by atoms with van der Waals surface area (Å²) in [5, 5.41) is 12.5. The second kappa shape index (κ2) is 19.9. The molecule has 0 radical (unpaired) electrons. The average Bonchev–Trinajstić information content (AvgIpc) is 3.38. The average molecular weight is 849 g/mol. The van der Waals surface area contributed by atoms with Gasteiger partial charge in [0.15, 0.2) is 6.10 Å². The number of urea groups is 1. The third kappa shape index (κ3) is 11.7. The minimum Gasteiger partial charge on any atom is -0.506 e. The van der Waals surface area contributed by atoms with Gasteiger partial charge in [-0.25, -0.2) is 9.59 Å². The molecule has 4 aliphatic heterocycles. The number of phenolic OH excluding ortho intramolecular Hbond substituents is 1. The van der Waals surface area contributed by atoms with Gasteiger partial charge in [0.05, 0.1) is 23.7 Å². The first-order valence-electron chi connectivity index (χ1n) is 20.7. The quantitative estimate of drug-likeness (QED) is 0.192. The molecule has 4 aliphatic rings. The number of para-hydroxylation sites is 1. The van der Waals surface area contributed by atoms with Gasteiger partial charge in [-0.1, -0.05) is 29.8 Å². The highest BCUT2D eigenvalue weighted by molar-refractivity contribution is 6.32. The lowest BCUT2D eigenvalue weighted by Gasteiger charge is -2.41. The summed E-state index contributed by atoms with van der Waals surface area (Å²) in [5.41, 5.74) is 0.465. The van der Waals surface area contributed by atoms with Crippen LogP contribution in [0.1, 0.15) is 61.6 Å². The van der Waals surface area contributed by atoms with Gasteiger partial charge in [0.2, 0.25) is 0 Å². The zero-order chi connectivity index (χ0) is 42.3. The van der Waals surface area contributed by atoms with Crippen LogP contribution in [0.3, 0.4) is 0 Å². The highest BCUT2D eigenvalue weighted by Crippen LogP contribution is 2.41. The van der Waals surface area contributed by atoms with Crippen LogP contribution in [0.5, 0.6) is 5.75 Å². The first-order valence-corrected chi connectivity index (χ1v) is 21.0. The Balaban J connectivity index is 1.05.